The summed E-state index contributed by atoms with van der Waals surface area (Å²) in [4.78, 5) is 69.1. The van der Waals surface area contributed by atoms with Gasteiger partial charge >= 0.3 is 12.1 Å². The zero-order valence-corrected chi connectivity index (χ0v) is 31.2. The third-order valence-corrected chi connectivity index (χ3v) is 7.96. The van der Waals surface area contributed by atoms with E-state index in [0.29, 0.717) is 19.4 Å². The number of ether oxygens (including phenoxy) is 2. The second kappa shape index (κ2) is 17.1. The van der Waals surface area contributed by atoms with Crippen LogP contribution in [0.3, 0.4) is 0 Å². The number of alkyl carbamates (subject to hydrolysis) is 1. The largest absolute Gasteiger partial charge is 0.460 e. The number of hydrogen-bond donors (Lipinski definition) is 3. The molecule has 1 aromatic heterocycles. The highest BCUT2D eigenvalue weighted by Crippen LogP contribution is 2.24. The van der Waals surface area contributed by atoms with Crippen molar-refractivity contribution in [3.63, 3.8) is 0 Å². The van der Waals surface area contributed by atoms with E-state index in [9.17, 15) is 24.0 Å². The molecule has 2 heterocycles. The number of benzene rings is 1. The Kier molecular flexibility index (Phi) is 13.7. The number of hydrazine groups is 1. The van der Waals surface area contributed by atoms with Crippen molar-refractivity contribution in [1.82, 2.24) is 26.1 Å². The van der Waals surface area contributed by atoms with Crippen molar-refractivity contribution >= 4 is 46.6 Å². The first-order valence-electron chi connectivity index (χ1n) is 17.4. The molecule has 274 valence electrons. The first kappa shape index (κ1) is 40.1. The number of nitrogens with zero attached hydrogens (tertiary/aromatic N) is 2. The van der Waals surface area contributed by atoms with Crippen molar-refractivity contribution in [3.05, 3.63) is 47.7 Å². The van der Waals surface area contributed by atoms with E-state index >= 15 is 0 Å². The van der Waals surface area contributed by atoms with Gasteiger partial charge in [0.05, 0.1) is 18.0 Å². The van der Waals surface area contributed by atoms with Gasteiger partial charge in [0.15, 0.2) is 5.78 Å². The molecule has 1 saturated heterocycles. The summed E-state index contributed by atoms with van der Waals surface area (Å²) in [5.41, 5.74) is 4.29. The minimum atomic E-state index is -0.902. The van der Waals surface area contributed by atoms with E-state index in [1.165, 1.54) is 5.01 Å². The molecule has 1 fully saturated rings. The van der Waals surface area contributed by atoms with Gasteiger partial charge in [-0.05, 0) is 84.9 Å². The summed E-state index contributed by atoms with van der Waals surface area (Å²) in [7, 11) is 0. The number of carbonyl (C=O) groups is 5. The van der Waals surface area contributed by atoms with Crippen LogP contribution in [-0.2, 0) is 28.7 Å². The maximum Gasteiger partial charge on any atom is 0.408 e. The minimum Gasteiger partial charge on any atom is -0.460 e. The zero-order chi connectivity index (χ0) is 37.4. The van der Waals surface area contributed by atoms with Crippen LogP contribution in [0.15, 0.2) is 36.4 Å². The SMILES string of the molecule is CC(C)C(NC(=O)OC(C)(C)C)C(=O)N[C@@H](C)C(=O)N1CCC[C@@H](C(=O)C[C@H](C)c2ccc3ccc(/C=C/CC(=O)OC(C)(C)C)cc3n2)N1. The molecule has 0 bridgehead atoms. The second-order valence-corrected chi connectivity index (χ2v) is 15.4. The number of pyridine rings is 1. The Balaban J connectivity index is 1.59. The van der Waals surface area contributed by atoms with E-state index in [2.05, 4.69) is 16.1 Å². The number of nitrogens with one attached hydrogen (secondary N) is 3. The summed E-state index contributed by atoms with van der Waals surface area (Å²) in [5.74, 6) is -1.63. The summed E-state index contributed by atoms with van der Waals surface area (Å²) in [6.45, 7) is 18.2. The average molecular weight is 694 g/mol. The van der Waals surface area contributed by atoms with Crippen LogP contribution in [0.25, 0.3) is 17.0 Å². The van der Waals surface area contributed by atoms with Crippen molar-refractivity contribution in [2.24, 2.45) is 5.92 Å². The number of fused-ring (bicyclic) bond motifs is 1. The summed E-state index contributed by atoms with van der Waals surface area (Å²) < 4.78 is 10.7. The predicted octanol–water partition coefficient (Wildman–Crippen LogP) is 5.59. The number of amides is 3. The van der Waals surface area contributed by atoms with E-state index in [-0.39, 0.29) is 42.3 Å². The van der Waals surface area contributed by atoms with Crippen molar-refractivity contribution in [2.45, 2.75) is 130 Å². The van der Waals surface area contributed by atoms with Gasteiger partial charge in [-0.3, -0.25) is 29.2 Å². The summed E-state index contributed by atoms with van der Waals surface area (Å²) in [5, 5.41) is 7.67. The van der Waals surface area contributed by atoms with Gasteiger partial charge in [0, 0.05) is 30.0 Å². The van der Waals surface area contributed by atoms with Gasteiger partial charge in [-0.1, -0.05) is 51.1 Å². The smallest absolute Gasteiger partial charge is 0.408 e. The Morgan fingerprint density at radius 2 is 1.62 bits per heavy atom. The number of aromatic nitrogens is 1. The fourth-order valence-electron chi connectivity index (χ4n) is 5.50. The fourth-order valence-corrected chi connectivity index (χ4v) is 5.50. The maximum absolute atomic E-state index is 13.4. The number of carbonyl (C=O) groups excluding carboxylic acids is 5. The highest BCUT2D eigenvalue weighted by molar-refractivity contribution is 5.92. The standard InChI is InChI=1S/C38H55N5O7/c1-23(2)33(41-36(48)50-38(8,9)10)34(46)39-25(4)35(47)43-20-12-14-29(42-43)31(44)21-24(3)28-19-18-27-17-16-26(22-30(27)40-28)13-11-15-32(45)49-37(5,6)7/h11,13,16-19,22-25,29,33,42H,12,14-15,20-21H2,1-10H3,(H,39,46)(H,41,48)/b13-11+/t24-,25-,29-,33?/m0/s1. The van der Waals surface area contributed by atoms with E-state index in [1.54, 1.807) is 47.6 Å². The van der Waals surface area contributed by atoms with Crippen molar-refractivity contribution in [1.29, 1.82) is 0 Å². The molecule has 1 unspecified atom stereocenters. The highest BCUT2D eigenvalue weighted by atomic mass is 16.6. The van der Waals surface area contributed by atoms with E-state index < -0.39 is 41.3 Å². The Bertz CT molecular complexity index is 1570. The molecule has 0 aliphatic carbocycles. The lowest BCUT2D eigenvalue weighted by molar-refractivity contribution is -0.153. The lowest BCUT2D eigenvalue weighted by Gasteiger charge is -2.35. The van der Waals surface area contributed by atoms with Gasteiger partial charge in [-0.15, -0.1) is 0 Å². The van der Waals surface area contributed by atoms with Crippen LogP contribution in [0.1, 0.15) is 112 Å². The number of rotatable bonds is 12. The lowest BCUT2D eigenvalue weighted by atomic mass is 9.94. The Morgan fingerprint density at radius 1 is 0.960 bits per heavy atom. The Morgan fingerprint density at radius 3 is 2.26 bits per heavy atom. The van der Waals surface area contributed by atoms with Crippen LogP contribution in [-0.4, -0.2) is 75.5 Å². The third-order valence-electron chi connectivity index (χ3n) is 7.96. The van der Waals surface area contributed by atoms with Gasteiger partial charge in [0.1, 0.15) is 23.3 Å². The highest BCUT2D eigenvalue weighted by Gasteiger charge is 2.33. The third kappa shape index (κ3) is 12.5. The van der Waals surface area contributed by atoms with Crippen molar-refractivity contribution in [3.8, 4) is 0 Å². The van der Waals surface area contributed by atoms with Crippen LogP contribution in [0.4, 0.5) is 4.79 Å². The molecule has 3 N–H and O–H groups in total. The van der Waals surface area contributed by atoms with E-state index in [0.717, 1.165) is 22.2 Å². The van der Waals surface area contributed by atoms with Crippen LogP contribution in [0, 0.1) is 5.92 Å². The molecular formula is C38H55N5O7. The number of esters is 1. The molecule has 3 amide bonds. The maximum atomic E-state index is 13.4. The van der Waals surface area contributed by atoms with Gasteiger partial charge in [-0.25, -0.2) is 10.2 Å². The van der Waals surface area contributed by atoms with Gasteiger partial charge in [0.25, 0.3) is 5.91 Å². The van der Waals surface area contributed by atoms with Gasteiger partial charge < -0.3 is 20.1 Å². The average Bonchev–Trinajstić information content (AvgIpc) is 3.01. The lowest BCUT2D eigenvalue weighted by Crippen LogP contribution is -2.60. The van der Waals surface area contributed by atoms with Gasteiger partial charge in [0.2, 0.25) is 5.91 Å². The quantitative estimate of drug-likeness (QED) is 0.241. The summed E-state index contributed by atoms with van der Waals surface area (Å²) >= 11 is 0. The fraction of sp³-hybridized carbons (Fsp3) is 0.579. The molecule has 1 aliphatic rings. The molecule has 50 heavy (non-hydrogen) atoms. The first-order valence-corrected chi connectivity index (χ1v) is 17.4. The van der Waals surface area contributed by atoms with Gasteiger partial charge in [-0.2, -0.15) is 0 Å². The molecular weight excluding hydrogens is 638 g/mol. The molecule has 1 aliphatic heterocycles. The molecule has 12 heteroatoms. The number of ketones is 1. The molecule has 0 radical (unpaired) electrons. The van der Waals surface area contributed by atoms with Crippen molar-refractivity contribution < 1.29 is 33.4 Å². The molecule has 4 atom stereocenters. The van der Waals surface area contributed by atoms with E-state index in [4.69, 9.17) is 14.5 Å². The van der Waals surface area contributed by atoms with Crippen LogP contribution < -0.4 is 16.1 Å². The van der Waals surface area contributed by atoms with Crippen LogP contribution in [0.2, 0.25) is 0 Å². The number of hydrogen-bond acceptors (Lipinski definition) is 9. The molecule has 1 aromatic carbocycles. The van der Waals surface area contributed by atoms with Crippen molar-refractivity contribution in [2.75, 3.05) is 6.54 Å². The Hall–Kier alpha value is -4.32. The first-order chi connectivity index (χ1) is 23.2. The second-order valence-electron chi connectivity index (χ2n) is 15.4. The monoisotopic (exact) mass is 693 g/mol. The number of Topliss-reactive ketones (excluding diaryl/α,β-unsaturated/α-hetero) is 1. The summed E-state index contributed by atoms with van der Waals surface area (Å²) in [6.07, 6.45) is 4.51. The molecule has 12 nitrogen and oxygen atoms in total. The normalized spacial score (nSPS) is 17.3. The molecule has 0 spiro atoms. The molecule has 0 saturated carbocycles. The zero-order valence-electron chi connectivity index (χ0n) is 31.2. The summed E-state index contributed by atoms with van der Waals surface area (Å²) in [6, 6.07) is 7.42. The van der Waals surface area contributed by atoms with Crippen LogP contribution >= 0.6 is 0 Å². The Labute approximate surface area is 296 Å². The topological polar surface area (TPSA) is 156 Å². The minimum absolute atomic E-state index is 0.0335. The van der Waals surface area contributed by atoms with Crippen LogP contribution in [0.5, 0.6) is 0 Å². The predicted molar refractivity (Wildman–Crippen MR) is 193 cm³/mol. The molecule has 2 aromatic rings. The van der Waals surface area contributed by atoms with E-state index in [1.807, 2.05) is 64.1 Å². The molecule has 3 rings (SSSR count).